The van der Waals surface area contributed by atoms with E-state index in [1.807, 2.05) is 24.3 Å². The Morgan fingerprint density at radius 3 is 2.24 bits per heavy atom. The van der Waals surface area contributed by atoms with E-state index >= 15 is 0 Å². The van der Waals surface area contributed by atoms with Crippen LogP contribution in [0.4, 0.5) is 5.95 Å². The molecule has 0 unspecified atom stereocenters. The lowest BCUT2D eigenvalue weighted by atomic mass is 9.64. The van der Waals surface area contributed by atoms with Gasteiger partial charge in [-0.05, 0) is 24.0 Å². The van der Waals surface area contributed by atoms with Crippen molar-refractivity contribution in [3.63, 3.8) is 0 Å². The molecule has 1 aromatic carbocycles. The van der Waals surface area contributed by atoms with Crippen LogP contribution < -0.4 is 5.73 Å². The van der Waals surface area contributed by atoms with E-state index in [-0.39, 0.29) is 11.9 Å². The number of aromatic nitrogens is 2. The van der Waals surface area contributed by atoms with E-state index in [2.05, 4.69) is 9.97 Å². The third-order valence-electron chi connectivity index (χ3n) is 4.23. The largest absolute Gasteiger partial charge is 0.468 e. The van der Waals surface area contributed by atoms with Crippen molar-refractivity contribution in [2.75, 3.05) is 12.8 Å². The van der Waals surface area contributed by atoms with E-state index in [1.165, 1.54) is 7.11 Å². The van der Waals surface area contributed by atoms with Gasteiger partial charge in [0.1, 0.15) is 0 Å². The van der Waals surface area contributed by atoms with Gasteiger partial charge in [0.15, 0.2) is 0 Å². The first-order chi connectivity index (χ1) is 10.2. The highest BCUT2D eigenvalue weighted by molar-refractivity contribution is 5.84. The van der Waals surface area contributed by atoms with Crippen molar-refractivity contribution in [2.45, 2.75) is 24.7 Å². The zero-order chi connectivity index (χ0) is 14.9. The van der Waals surface area contributed by atoms with Gasteiger partial charge in [-0.15, -0.1) is 0 Å². The van der Waals surface area contributed by atoms with E-state index in [4.69, 9.17) is 10.5 Å². The van der Waals surface area contributed by atoms with Crippen molar-refractivity contribution in [1.82, 2.24) is 9.97 Å². The van der Waals surface area contributed by atoms with Crippen LogP contribution in [0.5, 0.6) is 0 Å². The average Bonchev–Trinajstić information content (AvgIpc) is 2.47. The summed E-state index contributed by atoms with van der Waals surface area (Å²) in [5.74, 6) is 0.117. The van der Waals surface area contributed by atoms with Crippen LogP contribution in [0, 0.1) is 0 Å². The summed E-state index contributed by atoms with van der Waals surface area (Å²) in [6.45, 7) is 0. The maximum Gasteiger partial charge on any atom is 0.316 e. The average molecular weight is 283 g/mol. The second-order valence-electron chi connectivity index (χ2n) is 5.33. The van der Waals surface area contributed by atoms with Gasteiger partial charge in [-0.2, -0.15) is 0 Å². The van der Waals surface area contributed by atoms with Crippen LogP contribution in [0.1, 0.15) is 24.8 Å². The van der Waals surface area contributed by atoms with Crippen molar-refractivity contribution in [3.05, 3.63) is 42.2 Å². The van der Waals surface area contributed by atoms with Gasteiger partial charge in [-0.3, -0.25) is 4.79 Å². The van der Waals surface area contributed by atoms with Crippen LogP contribution in [0.15, 0.2) is 36.7 Å². The number of esters is 1. The number of anilines is 1. The van der Waals surface area contributed by atoms with Crippen molar-refractivity contribution < 1.29 is 9.53 Å². The Balaban J connectivity index is 1.90. The summed E-state index contributed by atoms with van der Waals surface area (Å²) < 4.78 is 4.97. The number of ether oxygens (including phenoxy) is 1. The highest BCUT2D eigenvalue weighted by atomic mass is 16.5. The number of benzene rings is 1. The lowest BCUT2D eigenvalue weighted by molar-refractivity contribution is -0.151. The minimum Gasteiger partial charge on any atom is -0.468 e. The lowest BCUT2D eigenvalue weighted by Gasteiger charge is -2.39. The summed E-state index contributed by atoms with van der Waals surface area (Å²) in [5.41, 5.74) is 7.95. The number of carbonyl (C=O) groups excluding carboxylic acids is 1. The van der Waals surface area contributed by atoms with Crippen molar-refractivity contribution in [1.29, 1.82) is 0 Å². The maximum absolute atomic E-state index is 12.1. The van der Waals surface area contributed by atoms with Gasteiger partial charge >= 0.3 is 5.97 Å². The molecular formula is C16H17N3O2. The number of hydrogen-bond donors (Lipinski definition) is 1. The molecule has 1 aromatic heterocycles. The number of carbonyl (C=O) groups is 1. The molecule has 0 aliphatic heterocycles. The first-order valence-electron chi connectivity index (χ1n) is 6.92. The second-order valence-corrected chi connectivity index (χ2v) is 5.33. The standard InChI is InChI=1S/C16H17N3O2/c1-21-14(20)16(7-2-8-16)13-5-3-11(4-6-13)12-9-18-15(17)19-10-12/h3-6,9-10H,2,7-8H2,1H3,(H2,17,18,19). The molecule has 0 radical (unpaired) electrons. The fourth-order valence-corrected chi connectivity index (χ4v) is 2.81. The molecule has 1 fully saturated rings. The molecule has 21 heavy (non-hydrogen) atoms. The highest BCUT2D eigenvalue weighted by Gasteiger charge is 2.46. The summed E-state index contributed by atoms with van der Waals surface area (Å²) in [4.78, 5) is 20.0. The number of nitrogens with two attached hydrogens (primary N) is 1. The van der Waals surface area contributed by atoms with Gasteiger partial charge in [0.2, 0.25) is 5.95 Å². The van der Waals surface area contributed by atoms with Crippen LogP contribution >= 0.6 is 0 Å². The normalized spacial score (nSPS) is 16.0. The van der Waals surface area contributed by atoms with Crippen molar-refractivity contribution >= 4 is 11.9 Å². The number of nitrogens with zero attached hydrogens (tertiary/aromatic N) is 2. The molecule has 2 aromatic rings. The van der Waals surface area contributed by atoms with Gasteiger partial charge in [-0.1, -0.05) is 30.7 Å². The molecule has 2 N–H and O–H groups in total. The molecule has 0 saturated heterocycles. The molecule has 0 bridgehead atoms. The lowest BCUT2D eigenvalue weighted by Crippen LogP contribution is -2.43. The van der Waals surface area contributed by atoms with Crippen LogP contribution in [0.25, 0.3) is 11.1 Å². The summed E-state index contributed by atoms with van der Waals surface area (Å²) >= 11 is 0. The SMILES string of the molecule is COC(=O)C1(c2ccc(-c3cnc(N)nc3)cc2)CCC1. The molecule has 1 aliphatic rings. The molecule has 1 aliphatic carbocycles. The Kier molecular flexibility index (Phi) is 3.33. The smallest absolute Gasteiger partial charge is 0.316 e. The first-order valence-corrected chi connectivity index (χ1v) is 6.92. The van der Waals surface area contributed by atoms with Crippen molar-refractivity contribution in [3.8, 4) is 11.1 Å². The van der Waals surface area contributed by atoms with E-state index < -0.39 is 5.41 Å². The molecule has 1 saturated carbocycles. The maximum atomic E-state index is 12.1. The number of nitrogen functional groups attached to an aromatic ring is 1. The van der Waals surface area contributed by atoms with Gasteiger partial charge in [0.05, 0.1) is 12.5 Å². The topological polar surface area (TPSA) is 78.1 Å². The monoisotopic (exact) mass is 283 g/mol. The van der Waals surface area contributed by atoms with Gasteiger partial charge in [0, 0.05) is 18.0 Å². The molecule has 5 heteroatoms. The van der Waals surface area contributed by atoms with E-state index in [9.17, 15) is 4.79 Å². The Hall–Kier alpha value is -2.43. The summed E-state index contributed by atoms with van der Waals surface area (Å²) in [7, 11) is 1.45. The summed E-state index contributed by atoms with van der Waals surface area (Å²) in [6, 6.07) is 7.93. The van der Waals surface area contributed by atoms with Gasteiger partial charge < -0.3 is 10.5 Å². The van der Waals surface area contributed by atoms with Crippen LogP contribution in [0.3, 0.4) is 0 Å². The summed E-state index contributed by atoms with van der Waals surface area (Å²) in [5, 5.41) is 0. The first kappa shape index (κ1) is 13.5. The zero-order valence-electron chi connectivity index (χ0n) is 11.9. The van der Waals surface area contributed by atoms with Crippen LogP contribution in [-0.2, 0) is 14.9 Å². The molecule has 5 nitrogen and oxygen atoms in total. The molecule has 0 atom stereocenters. The highest BCUT2D eigenvalue weighted by Crippen LogP contribution is 2.45. The predicted molar refractivity (Wildman–Crippen MR) is 79.4 cm³/mol. The zero-order valence-corrected chi connectivity index (χ0v) is 11.9. The summed E-state index contributed by atoms with van der Waals surface area (Å²) in [6.07, 6.45) is 6.14. The Morgan fingerprint density at radius 2 is 1.76 bits per heavy atom. The van der Waals surface area contributed by atoms with E-state index in [1.54, 1.807) is 12.4 Å². The third-order valence-corrected chi connectivity index (χ3v) is 4.23. The Bertz CT molecular complexity index is 646. The molecule has 0 amide bonds. The molecule has 3 rings (SSSR count). The predicted octanol–water partition coefficient (Wildman–Crippen LogP) is 2.32. The molecule has 1 heterocycles. The minimum atomic E-state index is -0.453. The Labute approximate surface area is 123 Å². The molecular weight excluding hydrogens is 266 g/mol. The molecule has 108 valence electrons. The van der Waals surface area contributed by atoms with Gasteiger partial charge in [0.25, 0.3) is 0 Å². The number of methoxy groups -OCH3 is 1. The van der Waals surface area contributed by atoms with Crippen LogP contribution in [-0.4, -0.2) is 23.0 Å². The minimum absolute atomic E-state index is 0.141. The van der Waals surface area contributed by atoms with E-state index in [0.717, 1.165) is 36.0 Å². The van der Waals surface area contributed by atoms with Gasteiger partial charge in [-0.25, -0.2) is 9.97 Å². The Morgan fingerprint density at radius 1 is 1.14 bits per heavy atom. The third kappa shape index (κ3) is 2.24. The fraction of sp³-hybridized carbons (Fsp3) is 0.312. The quantitative estimate of drug-likeness (QED) is 0.875. The van der Waals surface area contributed by atoms with Crippen LogP contribution in [0.2, 0.25) is 0 Å². The van der Waals surface area contributed by atoms with Crippen molar-refractivity contribution in [2.24, 2.45) is 0 Å². The fourth-order valence-electron chi connectivity index (χ4n) is 2.81. The number of hydrogen-bond acceptors (Lipinski definition) is 5. The molecule has 0 spiro atoms. The second kappa shape index (κ2) is 5.16. The van der Waals surface area contributed by atoms with E-state index in [0.29, 0.717) is 0 Å². The number of rotatable bonds is 3.